The molecule has 0 saturated heterocycles. The zero-order valence-electron chi connectivity index (χ0n) is 12.2. The highest BCUT2D eigenvalue weighted by molar-refractivity contribution is 7.89. The number of carbonyl (C=O) groups excluding carboxylic acids is 1. The van der Waals surface area contributed by atoms with Crippen LogP contribution in [0.15, 0.2) is 40.1 Å². The highest BCUT2D eigenvalue weighted by Crippen LogP contribution is 2.14. The molecule has 1 unspecified atom stereocenters. The molecule has 1 aromatic carbocycles. The van der Waals surface area contributed by atoms with Gasteiger partial charge < -0.3 is 5.32 Å². The summed E-state index contributed by atoms with van der Waals surface area (Å²) in [4.78, 5) is 16.2. The summed E-state index contributed by atoms with van der Waals surface area (Å²) in [5.41, 5.74) is 3.05. The molecule has 22 heavy (non-hydrogen) atoms. The summed E-state index contributed by atoms with van der Waals surface area (Å²) in [6.07, 6.45) is 0. The van der Waals surface area contributed by atoms with Crippen molar-refractivity contribution in [2.45, 2.75) is 31.3 Å². The maximum atomic E-state index is 12.3. The van der Waals surface area contributed by atoms with Crippen LogP contribution in [0.25, 0.3) is 0 Å². The molecule has 0 aliphatic carbocycles. The molecule has 0 saturated carbocycles. The summed E-state index contributed by atoms with van der Waals surface area (Å²) < 4.78 is 27.0. The zero-order valence-corrected chi connectivity index (χ0v) is 13.9. The minimum atomic E-state index is -3.73. The van der Waals surface area contributed by atoms with Crippen molar-refractivity contribution in [1.82, 2.24) is 15.0 Å². The zero-order chi connectivity index (χ0) is 16.2. The molecule has 0 fully saturated rings. The minimum absolute atomic E-state index is 0.175. The summed E-state index contributed by atoms with van der Waals surface area (Å²) in [6.45, 7) is 3.49. The van der Waals surface area contributed by atoms with Crippen molar-refractivity contribution in [2.75, 3.05) is 0 Å². The summed E-state index contributed by atoms with van der Waals surface area (Å²) >= 11 is 1.43. The molecule has 1 aromatic heterocycles. The average Bonchev–Trinajstić information content (AvgIpc) is 2.97. The maximum Gasteiger partial charge on any atom is 0.241 e. The first-order valence-electron chi connectivity index (χ1n) is 6.63. The fourth-order valence-corrected chi connectivity index (χ4v) is 3.87. The van der Waals surface area contributed by atoms with Crippen molar-refractivity contribution in [1.29, 1.82) is 0 Å². The van der Waals surface area contributed by atoms with Crippen molar-refractivity contribution in [3.63, 3.8) is 0 Å². The van der Waals surface area contributed by atoms with Gasteiger partial charge >= 0.3 is 0 Å². The number of nitrogens with one attached hydrogen (secondary N) is 2. The molecule has 8 heteroatoms. The molecule has 2 aromatic rings. The second-order valence-corrected chi connectivity index (χ2v) is 7.21. The monoisotopic (exact) mass is 339 g/mol. The molecule has 1 atom stereocenters. The highest BCUT2D eigenvalue weighted by Gasteiger charge is 2.23. The second-order valence-electron chi connectivity index (χ2n) is 4.81. The van der Waals surface area contributed by atoms with Crippen LogP contribution in [0.2, 0.25) is 0 Å². The van der Waals surface area contributed by atoms with E-state index < -0.39 is 22.0 Å². The fraction of sp³-hybridized carbons (Fsp3) is 0.286. The number of aromatic nitrogens is 1. The Bertz CT molecular complexity index is 742. The number of rotatable bonds is 6. The Labute approximate surface area is 133 Å². The molecule has 0 radical (unpaired) electrons. The smallest absolute Gasteiger partial charge is 0.241 e. The lowest BCUT2D eigenvalue weighted by atomic mass is 10.2. The van der Waals surface area contributed by atoms with Gasteiger partial charge in [0.15, 0.2) is 0 Å². The number of nitrogens with zero attached hydrogens (tertiary/aromatic N) is 1. The van der Waals surface area contributed by atoms with E-state index in [2.05, 4.69) is 15.0 Å². The van der Waals surface area contributed by atoms with Gasteiger partial charge in [0.25, 0.3) is 0 Å². The quantitative estimate of drug-likeness (QED) is 0.833. The Hall–Kier alpha value is -1.77. The molecule has 6 nitrogen and oxygen atoms in total. The average molecular weight is 339 g/mol. The Kier molecular flexibility index (Phi) is 5.28. The summed E-state index contributed by atoms with van der Waals surface area (Å²) in [6, 6.07) is 5.76. The number of amides is 1. The van der Waals surface area contributed by atoms with E-state index in [9.17, 15) is 13.2 Å². The molecule has 1 heterocycles. The molecule has 2 rings (SSSR count). The second kappa shape index (κ2) is 6.99. The number of hydrogen-bond acceptors (Lipinski definition) is 5. The first-order chi connectivity index (χ1) is 10.4. The third-order valence-corrected chi connectivity index (χ3v) is 5.37. The number of aryl methyl sites for hydroxylation is 1. The molecule has 0 aliphatic rings. The highest BCUT2D eigenvalue weighted by atomic mass is 32.2. The summed E-state index contributed by atoms with van der Waals surface area (Å²) in [5, 5.41) is 4.47. The van der Waals surface area contributed by atoms with Crippen LogP contribution in [0.5, 0.6) is 0 Å². The van der Waals surface area contributed by atoms with E-state index in [1.165, 1.54) is 24.3 Å². The Morgan fingerprint density at radius 3 is 2.73 bits per heavy atom. The molecule has 2 N–H and O–H groups in total. The third-order valence-electron chi connectivity index (χ3n) is 3.04. The van der Waals surface area contributed by atoms with E-state index in [0.29, 0.717) is 5.56 Å². The van der Waals surface area contributed by atoms with Gasteiger partial charge in [0.05, 0.1) is 28.7 Å². The number of sulfonamides is 1. The summed E-state index contributed by atoms with van der Waals surface area (Å²) in [7, 11) is -3.73. The fourth-order valence-electron chi connectivity index (χ4n) is 1.86. The van der Waals surface area contributed by atoms with Crippen LogP contribution >= 0.6 is 11.3 Å². The predicted octanol–water partition coefficient (Wildman–Crippen LogP) is 1.43. The first kappa shape index (κ1) is 16.6. The lowest BCUT2D eigenvalue weighted by Crippen LogP contribution is -2.44. The third kappa shape index (κ3) is 4.12. The van der Waals surface area contributed by atoms with Gasteiger partial charge in [-0.1, -0.05) is 18.2 Å². The van der Waals surface area contributed by atoms with E-state index >= 15 is 0 Å². The van der Waals surface area contributed by atoms with Gasteiger partial charge in [-0.15, -0.1) is 11.3 Å². The van der Waals surface area contributed by atoms with Gasteiger partial charge in [-0.05, 0) is 25.5 Å². The lowest BCUT2D eigenvalue weighted by Gasteiger charge is -2.15. The SMILES string of the molecule is Cc1ccccc1S(=O)(=O)NC(C)C(=O)NCc1cscn1. The Balaban J connectivity index is 1.99. The normalized spacial score (nSPS) is 12.8. The number of hydrogen-bond donors (Lipinski definition) is 2. The van der Waals surface area contributed by atoms with E-state index in [0.717, 1.165) is 5.69 Å². The molecule has 0 spiro atoms. The van der Waals surface area contributed by atoms with Crippen LogP contribution in [0.1, 0.15) is 18.2 Å². The van der Waals surface area contributed by atoms with E-state index in [-0.39, 0.29) is 11.4 Å². The lowest BCUT2D eigenvalue weighted by molar-refractivity contribution is -0.122. The molecule has 1 amide bonds. The van der Waals surface area contributed by atoms with Gasteiger partial charge in [-0.2, -0.15) is 4.72 Å². The van der Waals surface area contributed by atoms with E-state index in [4.69, 9.17) is 0 Å². The van der Waals surface area contributed by atoms with Crippen LogP contribution in [-0.4, -0.2) is 25.4 Å². The minimum Gasteiger partial charge on any atom is -0.349 e. The van der Waals surface area contributed by atoms with Crippen LogP contribution in [0.4, 0.5) is 0 Å². The van der Waals surface area contributed by atoms with Gasteiger partial charge in [0, 0.05) is 5.38 Å². The van der Waals surface area contributed by atoms with Crippen molar-refractivity contribution in [2.24, 2.45) is 0 Å². The molecule has 118 valence electrons. The molecule has 0 bridgehead atoms. The van der Waals surface area contributed by atoms with Crippen molar-refractivity contribution >= 4 is 27.3 Å². The van der Waals surface area contributed by atoms with Crippen LogP contribution in [0, 0.1) is 6.92 Å². The van der Waals surface area contributed by atoms with Crippen molar-refractivity contribution < 1.29 is 13.2 Å². The first-order valence-corrected chi connectivity index (χ1v) is 9.05. The van der Waals surface area contributed by atoms with Gasteiger partial charge in [-0.25, -0.2) is 13.4 Å². The van der Waals surface area contributed by atoms with Gasteiger partial charge in [-0.3, -0.25) is 4.79 Å². The molecular weight excluding hydrogens is 322 g/mol. The Morgan fingerprint density at radius 1 is 1.36 bits per heavy atom. The van der Waals surface area contributed by atoms with Gasteiger partial charge in [0.1, 0.15) is 0 Å². The largest absolute Gasteiger partial charge is 0.349 e. The standard InChI is InChI=1S/C14H17N3O3S2/c1-10-5-3-4-6-13(10)22(19,20)17-11(2)14(18)15-7-12-8-21-9-16-12/h3-6,8-9,11,17H,7H2,1-2H3,(H,15,18). The number of thiazole rings is 1. The molecule has 0 aliphatic heterocycles. The van der Waals surface area contributed by atoms with Gasteiger partial charge in [0.2, 0.25) is 15.9 Å². The number of carbonyl (C=O) groups is 1. The maximum absolute atomic E-state index is 12.3. The van der Waals surface area contributed by atoms with Crippen LogP contribution in [0.3, 0.4) is 0 Å². The van der Waals surface area contributed by atoms with Crippen LogP contribution in [-0.2, 0) is 21.4 Å². The van der Waals surface area contributed by atoms with E-state index in [1.54, 1.807) is 30.6 Å². The van der Waals surface area contributed by atoms with Crippen molar-refractivity contribution in [3.8, 4) is 0 Å². The molecular formula is C14H17N3O3S2. The topological polar surface area (TPSA) is 88.2 Å². The van der Waals surface area contributed by atoms with E-state index in [1.807, 2.05) is 5.38 Å². The summed E-state index contributed by atoms with van der Waals surface area (Å²) in [5.74, 6) is -0.398. The van der Waals surface area contributed by atoms with Crippen molar-refractivity contribution in [3.05, 3.63) is 46.4 Å². The predicted molar refractivity (Wildman–Crippen MR) is 84.9 cm³/mol. The van der Waals surface area contributed by atoms with Crippen LogP contribution < -0.4 is 10.0 Å². The number of benzene rings is 1. The Morgan fingerprint density at radius 2 is 2.09 bits per heavy atom.